The van der Waals surface area contributed by atoms with Crippen molar-refractivity contribution < 1.29 is 4.79 Å². The Bertz CT molecular complexity index is 418. The molecule has 0 aliphatic heterocycles. The molecule has 0 atom stereocenters. The Morgan fingerprint density at radius 3 is 3.00 bits per heavy atom. The van der Waals surface area contributed by atoms with Crippen LogP contribution in [0.25, 0.3) is 0 Å². The van der Waals surface area contributed by atoms with E-state index in [0.717, 1.165) is 0 Å². The first kappa shape index (κ1) is 8.12. The molecule has 0 aliphatic rings. The molecule has 0 fully saturated rings. The van der Waals surface area contributed by atoms with Gasteiger partial charge in [-0.3, -0.25) is 4.79 Å². The lowest BCUT2D eigenvalue weighted by Gasteiger charge is -1.96. The predicted octanol–water partition coefficient (Wildman–Crippen LogP) is 1.11. The van der Waals surface area contributed by atoms with Crippen molar-refractivity contribution >= 4 is 17.3 Å². The Morgan fingerprint density at radius 1 is 1.62 bits per heavy atom. The second kappa shape index (κ2) is 3.10. The van der Waals surface area contributed by atoms with Crippen molar-refractivity contribution in [2.24, 2.45) is 7.05 Å². The van der Waals surface area contributed by atoms with Gasteiger partial charge in [-0.25, -0.2) is 4.98 Å². The van der Waals surface area contributed by atoms with Crippen LogP contribution in [0, 0.1) is 0 Å². The smallest absolute Gasteiger partial charge is 0.247 e. The first-order chi connectivity index (χ1) is 6.29. The van der Waals surface area contributed by atoms with Crippen LogP contribution < -0.4 is 0 Å². The minimum absolute atomic E-state index is 0.131. The maximum absolute atomic E-state index is 11.7. The second-order valence-corrected chi connectivity index (χ2v) is 3.24. The average Bonchev–Trinajstić information content (AvgIpc) is 2.72. The van der Waals surface area contributed by atoms with E-state index in [-0.39, 0.29) is 5.78 Å². The van der Waals surface area contributed by atoms with Crippen LogP contribution in [0.15, 0.2) is 23.8 Å². The number of carbonyl (C=O) groups is 1. The molecule has 0 saturated carbocycles. The van der Waals surface area contributed by atoms with Gasteiger partial charge in [0.15, 0.2) is 5.82 Å². The van der Waals surface area contributed by atoms with Crippen molar-refractivity contribution in [2.45, 2.75) is 0 Å². The normalized spacial score (nSPS) is 10.2. The van der Waals surface area contributed by atoms with Crippen LogP contribution in [0.3, 0.4) is 0 Å². The van der Waals surface area contributed by atoms with Crippen LogP contribution in [-0.4, -0.2) is 19.7 Å². The zero-order chi connectivity index (χ0) is 9.26. The second-order valence-electron chi connectivity index (χ2n) is 2.58. The van der Waals surface area contributed by atoms with Crippen molar-refractivity contribution in [3.63, 3.8) is 0 Å². The van der Waals surface area contributed by atoms with E-state index in [1.807, 2.05) is 0 Å². The van der Waals surface area contributed by atoms with E-state index in [2.05, 4.69) is 9.36 Å². The van der Waals surface area contributed by atoms with Gasteiger partial charge in [-0.2, -0.15) is 4.37 Å². The number of nitrogens with zero attached hydrogens (tertiary/aromatic N) is 3. The van der Waals surface area contributed by atoms with Crippen LogP contribution in [0.5, 0.6) is 0 Å². The van der Waals surface area contributed by atoms with Gasteiger partial charge in [-0.1, -0.05) is 0 Å². The molecule has 0 saturated heterocycles. The number of aryl methyl sites for hydroxylation is 1. The van der Waals surface area contributed by atoms with Gasteiger partial charge in [-0.05, 0) is 17.6 Å². The maximum Gasteiger partial charge on any atom is 0.247 e. The fraction of sp³-hybridized carbons (Fsp3) is 0.125. The van der Waals surface area contributed by atoms with Gasteiger partial charge in [0, 0.05) is 24.8 Å². The van der Waals surface area contributed by atoms with E-state index in [9.17, 15) is 4.79 Å². The maximum atomic E-state index is 11.7. The van der Waals surface area contributed by atoms with Gasteiger partial charge >= 0.3 is 0 Å². The summed E-state index contributed by atoms with van der Waals surface area (Å²) in [6, 6.07) is 1.70. The SMILES string of the molecule is Cn1ccnc1C(=O)c1ccsn1. The standard InChI is InChI=1S/C8H7N3OS/c1-11-4-3-9-8(11)7(12)6-2-5-13-10-6/h2-5H,1H3. The number of rotatable bonds is 2. The molecule has 0 amide bonds. The number of aromatic nitrogens is 3. The highest BCUT2D eigenvalue weighted by molar-refractivity contribution is 7.03. The Balaban J connectivity index is 2.39. The third-order valence-electron chi connectivity index (χ3n) is 1.69. The molecule has 5 heteroatoms. The first-order valence-corrected chi connectivity index (χ1v) is 4.55. The molecule has 0 aromatic carbocycles. The molecule has 0 unspecified atom stereocenters. The van der Waals surface area contributed by atoms with E-state index in [1.54, 1.807) is 35.5 Å². The lowest BCUT2D eigenvalue weighted by molar-refractivity contribution is 0.102. The molecule has 2 rings (SSSR count). The molecule has 0 aliphatic carbocycles. The van der Waals surface area contributed by atoms with Crippen LogP contribution in [0.1, 0.15) is 16.3 Å². The van der Waals surface area contributed by atoms with E-state index in [4.69, 9.17) is 0 Å². The van der Waals surface area contributed by atoms with Crippen molar-refractivity contribution in [3.8, 4) is 0 Å². The monoisotopic (exact) mass is 193 g/mol. The largest absolute Gasteiger partial charge is 0.331 e. The Kier molecular flexibility index (Phi) is 1.94. The highest BCUT2D eigenvalue weighted by Gasteiger charge is 2.14. The van der Waals surface area contributed by atoms with Crippen molar-refractivity contribution in [1.82, 2.24) is 13.9 Å². The predicted molar refractivity (Wildman–Crippen MR) is 48.8 cm³/mol. The summed E-state index contributed by atoms with van der Waals surface area (Å²) >= 11 is 1.26. The average molecular weight is 193 g/mol. The summed E-state index contributed by atoms with van der Waals surface area (Å²) in [6.07, 6.45) is 3.33. The van der Waals surface area contributed by atoms with Gasteiger partial charge in [0.25, 0.3) is 0 Å². The van der Waals surface area contributed by atoms with E-state index in [0.29, 0.717) is 11.5 Å². The minimum atomic E-state index is -0.131. The van der Waals surface area contributed by atoms with Crippen LogP contribution in [-0.2, 0) is 7.05 Å². The zero-order valence-corrected chi connectivity index (χ0v) is 7.78. The molecule has 66 valence electrons. The summed E-state index contributed by atoms with van der Waals surface area (Å²) in [5.74, 6) is 0.291. The number of hydrogen-bond acceptors (Lipinski definition) is 4. The summed E-state index contributed by atoms with van der Waals surface area (Å²) < 4.78 is 5.63. The van der Waals surface area contributed by atoms with Crippen molar-refractivity contribution in [1.29, 1.82) is 0 Å². The Hall–Kier alpha value is -1.49. The molecular formula is C8H7N3OS. The number of carbonyl (C=O) groups excluding carboxylic acids is 1. The number of ketones is 1. The highest BCUT2D eigenvalue weighted by Crippen LogP contribution is 2.06. The topological polar surface area (TPSA) is 47.8 Å². The van der Waals surface area contributed by atoms with Crippen molar-refractivity contribution in [3.05, 3.63) is 35.4 Å². The Morgan fingerprint density at radius 2 is 2.46 bits per heavy atom. The van der Waals surface area contributed by atoms with Gasteiger partial charge in [0.2, 0.25) is 5.78 Å². The lowest BCUT2D eigenvalue weighted by Crippen LogP contribution is -2.08. The van der Waals surface area contributed by atoms with E-state index < -0.39 is 0 Å². The van der Waals surface area contributed by atoms with E-state index >= 15 is 0 Å². The van der Waals surface area contributed by atoms with Crippen LogP contribution in [0.2, 0.25) is 0 Å². The van der Waals surface area contributed by atoms with Gasteiger partial charge in [0.1, 0.15) is 5.69 Å². The molecule has 4 nitrogen and oxygen atoms in total. The molecule has 0 N–H and O–H groups in total. The molecule has 0 spiro atoms. The van der Waals surface area contributed by atoms with Gasteiger partial charge in [-0.15, -0.1) is 0 Å². The quantitative estimate of drug-likeness (QED) is 0.671. The third kappa shape index (κ3) is 1.38. The fourth-order valence-corrected chi connectivity index (χ4v) is 1.54. The lowest BCUT2D eigenvalue weighted by atomic mass is 10.3. The van der Waals surface area contributed by atoms with E-state index in [1.165, 1.54) is 11.5 Å². The number of imidazole rings is 1. The molecule has 0 bridgehead atoms. The molecule has 13 heavy (non-hydrogen) atoms. The fourth-order valence-electron chi connectivity index (χ4n) is 1.03. The molecule has 0 radical (unpaired) electrons. The highest BCUT2D eigenvalue weighted by atomic mass is 32.1. The molecular weight excluding hydrogens is 186 g/mol. The first-order valence-electron chi connectivity index (χ1n) is 3.71. The Labute approximate surface area is 79.0 Å². The molecule has 2 heterocycles. The van der Waals surface area contributed by atoms with Crippen molar-refractivity contribution in [2.75, 3.05) is 0 Å². The minimum Gasteiger partial charge on any atom is -0.331 e. The molecule has 2 aromatic rings. The summed E-state index contributed by atoms with van der Waals surface area (Å²) in [6.45, 7) is 0. The van der Waals surface area contributed by atoms with Gasteiger partial charge in [0.05, 0.1) is 0 Å². The summed E-state index contributed by atoms with van der Waals surface area (Å²) in [4.78, 5) is 15.6. The van der Waals surface area contributed by atoms with Crippen LogP contribution in [0.4, 0.5) is 0 Å². The van der Waals surface area contributed by atoms with Gasteiger partial charge < -0.3 is 4.57 Å². The summed E-state index contributed by atoms with van der Waals surface area (Å²) in [5.41, 5.74) is 0.458. The summed E-state index contributed by atoms with van der Waals surface area (Å²) in [7, 11) is 1.78. The zero-order valence-electron chi connectivity index (χ0n) is 6.97. The number of hydrogen-bond donors (Lipinski definition) is 0. The third-order valence-corrected chi connectivity index (χ3v) is 2.25. The summed E-state index contributed by atoms with van der Waals surface area (Å²) in [5, 5.41) is 1.77. The van der Waals surface area contributed by atoms with Crippen LogP contribution >= 0.6 is 11.5 Å². The molecule has 2 aromatic heterocycles.